The summed E-state index contributed by atoms with van der Waals surface area (Å²) in [6.07, 6.45) is 0.881. The largest absolute Gasteiger partial charge is 0.475 e. The first kappa shape index (κ1) is 34.2. The van der Waals surface area contributed by atoms with Gasteiger partial charge in [0.25, 0.3) is 5.78 Å². The normalized spacial score (nSPS) is 20.6. The molecule has 39 heavy (non-hydrogen) atoms. The van der Waals surface area contributed by atoms with E-state index in [4.69, 9.17) is 9.84 Å². The molecule has 2 fully saturated rings. The third-order valence-corrected chi connectivity index (χ3v) is 6.43. The van der Waals surface area contributed by atoms with Gasteiger partial charge in [0.1, 0.15) is 17.7 Å². The third kappa shape index (κ3) is 11.1. The number of alkyl halides is 2. The maximum Gasteiger partial charge on any atom is 0.408 e. The monoisotopic (exact) mass is 561 g/mol. The number of aliphatic carboxylic acids is 1. The number of nitrogens with one attached hydrogen (secondary N) is 2. The molecule has 1 aliphatic carbocycles. The number of hydrogen-bond donors (Lipinski definition) is 3. The van der Waals surface area contributed by atoms with Gasteiger partial charge in [-0.05, 0) is 58.8 Å². The van der Waals surface area contributed by atoms with Crippen LogP contribution >= 0.6 is 0 Å². The molecule has 1 aliphatic heterocycles. The van der Waals surface area contributed by atoms with Crippen LogP contribution in [0.4, 0.5) is 13.6 Å². The molecule has 2 aliphatic rings. The molecule has 1 saturated heterocycles. The molecule has 12 heteroatoms. The lowest BCUT2D eigenvalue weighted by Crippen LogP contribution is -2.58. The Labute approximate surface area is 229 Å². The standard InChI is InChI=1S/C24H37F2N3O7.C3H8/c1-5-7-15(18(30)21(33)34)27-19(31)16-8-6-13-29(16)20(32)17(28-22(35)36-23(2,3)4)14-9-11-24(25,26)12-10-14;1-3-2/h14-17H,5-13H2,1-4H3,(H,27,31)(H,28,35)(H,33,34);3H2,1-2H3. The van der Waals surface area contributed by atoms with Crippen molar-refractivity contribution in [3.05, 3.63) is 0 Å². The third-order valence-electron chi connectivity index (χ3n) is 6.43. The molecular weight excluding hydrogens is 516 g/mol. The van der Waals surface area contributed by atoms with E-state index in [1.54, 1.807) is 27.7 Å². The van der Waals surface area contributed by atoms with Gasteiger partial charge < -0.3 is 25.4 Å². The average Bonchev–Trinajstić information content (AvgIpc) is 3.31. The van der Waals surface area contributed by atoms with E-state index in [9.17, 15) is 32.8 Å². The first-order chi connectivity index (χ1) is 18.1. The van der Waals surface area contributed by atoms with Crippen LogP contribution in [0, 0.1) is 5.92 Å². The summed E-state index contributed by atoms with van der Waals surface area (Å²) in [7, 11) is 0. The molecule has 0 bridgehead atoms. The molecular formula is C27H45F2N3O7. The second kappa shape index (κ2) is 15.1. The van der Waals surface area contributed by atoms with Crippen molar-refractivity contribution in [1.82, 2.24) is 15.5 Å². The minimum absolute atomic E-state index is 0.00952. The molecule has 3 unspecified atom stereocenters. The van der Waals surface area contributed by atoms with Crippen molar-refractivity contribution in [2.45, 2.75) is 129 Å². The van der Waals surface area contributed by atoms with Crippen molar-refractivity contribution in [3.63, 3.8) is 0 Å². The molecule has 0 aromatic carbocycles. The minimum Gasteiger partial charge on any atom is -0.475 e. The van der Waals surface area contributed by atoms with Crippen molar-refractivity contribution < 1.29 is 42.6 Å². The minimum atomic E-state index is -2.84. The van der Waals surface area contributed by atoms with Crippen LogP contribution in [0.1, 0.15) is 99.3 Å². The zero-order valence-electron chi connectivity index (χ0n) is 24.0. The number of rotatable bonds is 9. The Kier molecular flexibility index (Phi) is 13.3. The van der Waals surface area contributed by atoms with Crippen molar-refractivity contribution in [1.29, 1.82) is 0 Å². The molecule has 0 radical (unpaired) electrons. The highest BCUT2D eigenvalue weighted by Gasteiger charge is 2.45. The summed E-state index contributed by atoms with van der Waals surface area (Å²) in [6, 6.07) is -3.38. The molecule has 0 spiro atoms. The second-order valence-electron chi connectivity index (χ2n) is 11.2. The van der Waals surface area contributed by atoms with E-state index < -0.39 is 78.1 Å². The van der Waals surface area contributed by atoms with Crippen molar-refractivity contribution >= 4 is 29.7 Å². The molecule has 0 aromatic heterocycles. The van der Waals surface area contributed by atoms with E-state index in [1.807, 2.05) is 0 Å². The molecule has 3 N–H and O–H groups in total. The van der Waals surface area contributed by atoms with Crippen LogP contribution in [0.3, 0.4) is 0 Å². The van der Waals surface area contributed by atoms with Gasteiger partial charge in [-0.3, -0.25) is 14.4 Å². The Balaban J connectivity index is 0.00000242. The summed E-state index contributed by atoms with van der Waals surface area (Å²) < 4.78 is 32.8. The fourth-order valence-electron chi connectivity index (χ4n) is 4.67. The van der Waals surface area contributed by atoms with Crippen molar-refractivity contribution in [2.75, 3.05) is 6.54 Å². The molecule has 3 amide bonds. The number of ether oxygens (including phenoxy) is 1. The van der Waals surface area contributed by atoms with Crippen molar-refractivity contribution in [3.8, 4) is 0 Å². The Morgan fingerprint density at radius 3 is 2.08 bits per heavy atom. The number of amides is 3. The first-order valence-corrected chi connectivity index (χ1v) is 13.8. The summed E-state index contributed by atoms with van der Waals surface area (Å²) in [5.41, 5.74) is -0.849. The van der Waals surface area contributed by atoms with Crippen LogP contribution < -0.4 is 10.6 Å². The molecule has 3 atom stereocenters. The molecule has 1 saturated carbocycles. The number of carbonyl (C=O) groups excluding carboxylic acids is 4. The summed E-state index contributed by atoms with van der Waals surface area (Å²) in [5, 5.41) is 14.0. The number of halogens is 2. The predicted octanol–water partition coefficient (Wildman–Crippen LogP) is 4.05. The molecule has 224 valence electrons. The number of ketones is 1. The molecule has 10 nitrogen and oxygen atoms in total. The smallest absolute Gasteiger partial charge is 0.408 e. The van der Waals surface area contributed by atoms with Gasteiger partial charge in [-0.25, -0.2) is 18.4 Å². The van der Waals surface area contributed by atoms with E-state index in [0.717, 1.165) is 0 Å². The quantitative estimate of drug-likeness (QED) is 0.361. The highest BCUT2D eigenvalue weighted by atomic mass is 19.3. The van der Waals surface area contributed by atoms with Crippen LogP contribution in [-0.2, 0) is 23.9 Å². The maximum atomic E-state index is 13.8. The van der Waals surface area contributed by atoms with E-state index in [2.05, 4.69) is 24.5 Å². The number of nitrogens with zero attached hydrogens (tertiary/aromatic N) is 1. The fourth-order valence-corrected chi connectivity index (χ4v) is 4.67. The van der Waals surface area contributed by atoms with E-state index >= 15 is 0 Å². The lowest BCUT2D eigenvalue weighted by Gasteiger charge is -2.36. The fraction of sp³-hybridized carbons (Fsp3) is 0.815. The average molecular weight is 562 g/mol. The van der Waals surface area contributed by atoms with Crippen molar-refractivity contribution in [2.24, 2.45) is 5.92 Å². The van der Waals surface area contributed by atoms with Gasteiger partial charge in [0.2, 0.25) is 17.7 Å². The first-order valence-electron chi connectivity index (χ1n) is 13.8. The number of hydrogen-bond acceptors (Lipinski definition) is 6. The van der Waals surface area contributed by atoms with E-state index in [1.165, 1.54) is 11.3 Å². The Hall–Kier alpha value is -2.79. The molecule has 2 rings (SSSR count). The van der Waals surface area contributed by atoms with Gasteiger partial charge in [-0.15, -0.1) is 0 Å². The van der Waals surface area contributed by atoms with Gasteiger partial charge in [0.05, 0.1) is 6.04 Å². The number of likely N-dealkylation sites (tertiary alicyclic amines) is 1. The Morgan fingerprint density at radius 1 is 1.03 bits per heavy atom. The van der Waals surface area contributed by atoms with E-state index in [-0.39, 0.29) is 32.2 Å². The predicted molar refractivity (Wildman–Crippen MR) is 140 cm³/mol. The van der Waals surface area contributed by atoms with E-state index in [0.29, 0.717) is 12.8 Å². The van der Waals surface area contributed by atoms with Crippen LogP contribution in [-0.4, -0.2) is 75.9 Å². The van der Waals surface area contributed by atoms with Crippen LogP contribution in [0.5, 0.6) is 0 Å². The molecule has 1 heterocycles. The topological polar surface area (TPSA) is 142 Å². The summed E-state index contributed by atoms with van der Waals surface area (Å²) in [5.74, 6) is -7.48. The number of Topliss-reactive ketones (excluding diaryl/α,β-unsaturated/α-hetero) is 1. The van der Waals surface area contributed by atoms with Crippen LogP contribution in [0.15, 0.2) is 0 Å². The number of carboxylic acid groups (broad SMARTS) is 1. The highest BCUT2D eigenvalue weighted by molar-refractivity contribution is 6.35. The summed E-state index contributed by atoms with van der Waals surface area (Å²) in [6.45, 7) is 11.1. The zero-order valence-corrected chi connectivity index (χ0v) is 24.0. The zero-order chi connectivity index (χ0) is 30.0. The summed E-state index contributed by atoms with van der Waals surface area (Å²) in [4.78, 5) is 63.5. The number of carboxylic acids is 1. The Bertz CT molecular complexity index is 866. The van der Waals surface area contributed by atoms with Gasteiger partial charge in [-0.1, -0.05) is 33.6 Å². The van der Waals surface area contributed by atoms with Crippen LogP contribution in [0.2, 0.25) is 0 Å². The number of alkyl carbamates (subject to hydrolysis) is 1. The Morgan fingerprint density at radius 2 is 1.59 bits per heavy atom. The maximum absolute atomic E-state index is 13.8. The molecule has 0 aromatic rings. The SMILES string of the molecule is CCC.CCCC(NC(=O)C1CCCN1C(=O)C(NC(=O)OC(C)(C)C)C1CCC(F)(F)CC1)C(=O)C(=O)O. The summed E-state index contributed by atoms with van der Waals surface area (Å²) >= 11 is 0. The van der Waals surface area contributed by atoms with Gasteiger partial charge in [-0.2, -0.15) is 0 Å². The lowest BCUT2D eigenvalue weighted by atomic mass is 9.81. The van der Waals surface area contributed by atoms with Gasteiger partial charge in [0.15, 0.2) is 0 Å². The van der Waals surface area contributed by atoms with Gasteiger partial charge in [0, 0.05) is 19.4 Å². The lowest BCUT2D eigenvalue weighted by molar-refractivity contribution is -0.151. The highest BCUT2D eigenvalue weighted by Crippen LogP contribution is 2.38. The number of carbonyl (C=O) groups is 5. The van der Waals surface area contributed by atoms with Gasteiger partial charge >= 0.3 is 12.1 Å². The second-order valence-corrected chi connectivity index (χ2v) is 11.2. The van der Waals surface area contributed by atoms with Crippen LogP contribution in [0.25, 0.3) is 0 Å².